The van der Waals surface area contributed by atoms with Crippen molar-refractivity contribution in [3.05, 3.63) is 0 Å². The van der Waals surface area contributed by atoms with Gasteiger partial charge in [0, 0.05) is 17.1 Å². The molecule has 0 aliphatic heterocycles. The first-order valence-corrected chi connectivity index (χ1v) is 6.47. The number of nitrogens with one attached hydrogen (secondary N) is 1. The second kappa shape index (κ2) is 9.66. The first-order chi connectivity index (χ1) is 6.74. The molecule has 0 spiro atoms. The fraction of sp³-hybridized carbons (Fsp3) is 0.909. The Hall–Kier alpha value is 0.110. The van der Waals surface area contributed by atoms with Gasteiger partial charge in [-0.2, -0.15) is 0 Å². The molecule has 0 fully saturated rings. The molecule has 0 aromatic rings. The normalized spacial score (nSPS) is 14.4. The third kappa shape index (κ3) is 7.51. The van der Waals surface area contributed by atoms with Crippen LogP contribution in [-0.2, 0) is 0 Å². The summed E-state index contributed by atoms with van der Waals surface area (Å²) in [5.41, 5.74) is 1.37. The minimum Gasteiger partial charge on any atom is -0.320 e. The van der Waals surface area contributed by atoms with E-state index in [9.17, 15) is 0 Å². The van der Waals surface area contributed by atoms with E-state index in [0.29, 0.717) is 4.83 Å². The zero-order valence-corrected chi connectivity index (χ0v) is 11.2. The van der Waals surface area contributed by atoms with Crippen molar-refractivity contribution in [1.29, 1.82) is 0 Å². The Morgan fingerprint density at radius 2 is 2.14 bits per heavy atom. The molecular weight excluding hydrogens is 240 g/mol. The van der Waals surface area contributed by atoms with Crippen LogP contribution in [0.3, 0.4) is 0 Å². The van der Waals surface area contributed by atoms with Gasteiger partial charge < -0.3 is 5.32 Å². The Bertz CT molecular complexity index is 157. The van der Waals surface area contributed by atoms with Gasteiger partial charge in [0.05, 0.1) is 0 Å². The van der Waals surface area contributed by atoms with Crippen molar-refractivity contribution < 1.29 is 0 Å². The molecule has 0 radical (unpaired) electrons. The molecule has 3 heteroatoms. The quantitative estimate of drug-likeness (QED) is 0.406. The summed E-state index contributed by atoms with van der Waals surface area (Å²) in [6.07, 6.45) is 4.61. The van der Waals surface area contributed by atoms with Gasteiger partial charge in [0.2, 0.25) is 0 Å². The van der Waals surface area contributed by atoms with Crippen LogP contribution in [0, 0.1) is 0 Å². The molecule has 0 saturated carbocycles. The molecular formula is C11H23BrN2. The highest BCUT2D eigenvalue weighted by Gasteiger charge is 2.06. The molecule has 84 valence electrons. The third-order valence-electron chi connectivity index (χ3n) is 2.17. The largest absolute Gasteiger partial charge is 0.320 e. The monoisotopic (exact) mass is 262 g/mol. The van der Waals surface area contributed by atoms with Crippen LogP contribution in [0.2, 0.25) is 0 Å². The third-order valence-corrected chi connectivity index (χ3v) is 3.15. The molecule has 0 aliphatic rings. The van der Waals surface area contributed by atoms with Crippen molar-refractivity contribution in [2.24, 2.45) is 4.99 Å². The lowest BCUT2D eigenvalue weighted by molar-refractivity contribution is 0.735. The molecule has 0 aromatic heterocycles. The van der Waals surface area contributed by atoms with E-state index in [0.717, 1.165) is 25.9 Å². The lowest BCUT2D eigenvalue weighted by Gasteiger charge is -2.10. The van der Waals surface area contributed by atoms with Gasteiger partial charge in [-0.1, -0.05) is 22.9 Å². The molecule has 1 N–H and O–H groups in total. The summed E-state index contributed by atoms with van der Waals surface area (Å²) in [5, 5.41) is 3.17. The van der Waals surface area contributed by atoms with Crippen LogP contribution in [0.5, 0.6) is 0 Å². The molecule has 0 bridgehead atoms. The highest BCUT2D eigenvalue weighted by molar-refractivity contribution is 9.09. The average molecular weight is 263 g/mol. The second-order valence-electron chi connectivity index (χ2n) is 3.46. The van der Waals surface area contributed by atoms with E-state index in [1.165, 1.54) is 18.6 Å². The summed E-state index contributed by atoms with van der Waals surface area (Å²) < 4.78 is 0. The molecule has 0 amide bonds. The van der Waals surface area contributed by atoms with Crippen molar-refractivity contribution >= 4 is 21.6 Å². The molecule has 0 heterocycles. The van der Waals surface area contributed by atoms with Crippen LogP contribution in [0.15, 0.2) is 4.99 Å². The molecule has 1 unspecified atom stereocenters. The highest BCUT2D eigenvalue weighted by Crippen LogP contribution is 2.12. The van der Waals surface area contributed by atoms with Crippen LogP contribution >= 0.6 is 15.9 Å². The highest BCUT2D eigenvalue weighted by atomic mass is 79.9. The van der Waals surface area contributed by atoms with Crippen LogP contribution in [0.1, 0.15) is 39.5 Å². The van der Waals surface area contributed by atoms with E-state index in [1.54, 1.807) is 0 Å². The van der Waals surface area contributed by atoms with E-state index < -0.39 is 0 Å². The topological polar surface area (TPSA) is 24.4 Å². The summed E-state index contributed by atoms with van der Waals surface area (Å²) in [5.74, 6) is 0. The maximum atomic E-state index is 4.54. The summed E-state index contributed by atoms with van der Waals surface area (Å²) in [4.78, 5) is 5.14. The van der Waals surface area contributed by atoms with E-state index in [-0.39, 0.29) is 0 Å². The van der Waals surface area contributed by atoms with Crippen molar-refractivity contribution in [3.8, 4) is 0 Å². The Morgan fingerprint density at radius 3 is 2.64 bits per heavy atom. The summed E-state index contributed by atoms with van der Waals surface area (Å²) >= 11 is 3.66. The van der Waals surface area contributed by atoms with Gasteiger partial charge in [0.25, 0.3) is 0 Å². The minimum atomic E-state index is 0.599. The molecule has 14 heavy (non-hydrogen) atoms. The maximum Gasteiger partial charge on any atom is 0.0360 e. The Morgan fingerprint density at radius 1 is 1.43 bits per heavy atom. The van der Waals surface area contributed by atoms with Crippen molar-refractivity contribution in [2.45, 2.75) is 44.4 Å². The molecule has 0 rings (SSSR count). The number of rotatable bonds is 8. The zero-order chi connectivity index (χ0) is 10.8. The van der Waals surface area contributed by atoms with Gasteiger partial charge in [0.1, 0.15) is 0 Å². The number of hydrogen-bond donors (Lipinski definition) is 1. The first-order valence-electron chi connectivity index (χ1n) is 5.55. The SMILES string of the molecule is CCN=C(CCCNC)CC(Br)CC. The second-order valence-corrected chi connectivity index (χ2v) is 4.75. The van der Waals surface area contributed by atoms with Gasteiger partial charge >= 0.3 is 0 Å². The molecule has 0 aromatic carbocycles. The lowest BCUT2D eigenvalue weighted by Crippen LogP contribution is -2.12. The number of halogens is 1. The van der Waals surface area contributed by atoms with E-state index in [2.05, 4.69) is 40.1 Å². The van der Waals surface area contributed by atoms with Gasteiger partial charge in [-0.3, -0.25) is 4.99 Å². The Labute approximate surface area is 96.7 Å². The molecule has 1 atom stereocenters. The van der Waals surface area contributed by atoms with Crippen LogP contribution in [-0.4, -0.2) is 30.7 Å². The van der Waals surface area contributed by atoms with Crippen LogP contribution in [0.4, 0.5) is 0 Å². The van der Waals surface area contributed by atoms with Gasteiger partial charge in [-0.05, 0) is 46.2 Å². The van der Waals surface area contributed by atoms with E-state index >= 15 is 0 Å². The predicted molar refractivity (Wildman–Crippen MR) is 68.8 cm³/mol. The Kier molecular flexibility index (Phi) is 9.73. The van der Waals surface area contributed by atoms with Gasteiger partial charge in [-0.15, -0.1) is 0 Å². The van der Waals surface area contributed by atoms with Gasteiger partial charge in [0.15, 0.2) is 0 Å². The van der Waals surface area contributed by atoms with E-state index in [4.69, 9.17) is 0 Å². The van der Waals surface area contributed by atoms with Crippen molar-refractivity contribution in [1.82, 2.24) is 5.32 Å². The average Bonchev–Trinajstić information content (AvgIpc) is 2.18. The smallest absolute Gasteiger partial charge is 0.0360 e. The zero-order valence-electron chi connectivity index (χ0n) is 9.65. The van der Waals surface area contributed by atoms with Crippen LogP contribution < -0.4 is 5.32 Å². The predicted octanol–water partition coefficient (Wildman–Crippen LogP) is 3.01. The number of aliphatic imine (C=N–C) groups is 1. The fourth-order valence-corrected chi connectivity index (χ4v) is 1.71. The number of hydrogen-bond acceptors (Lipinski definition) is 2. The molecule has 0 aliphatic carbocycles. The van der Waals surface area contributed by atoms with Gasteiger partial charge in [-0.25, -0.2) is 0 Å². The summed E-state index contributed by atoms with van der Waals surface area (Å²) in [6, 6.07) is 0. The van der Waals surface area contributed by atoms with Crippen molar-refractivity contribution in [2.75, 3.05) is 20.1 Å². The van der Waals surface area contributed by atoms with Crippen LogP contribution in [0.25, 0.3) is 0 Å². The standard InChI is InChI=1S/C11H23BrN2/c1-4-10(12)9-11(14-5-2)7-6-8-13-3/h10,13H,4-9H2,1-3H3. The number of nitrogens with zero attached hydrogens (tertiary/aromatic N) is 1. The molecule has 0 saturated heterocycles. The Balaban J connectivity index is 3.84. The number of alkyl halides is 1. The first kappa shape index (κ1) is 14.1. The maximum absolute atomic E-state index is 4.54. The summed E-state index contributed by atoms with van der Waals surface area (Å²) in [7, 11) is 2.00. The lowest BCUT2D eigenvalue weighted by atomic mass is 10.1. The minimum absolute atomic E-state index is 0.599. The van der Waals surface area contributed by atoms with E-state index in [1.807, 2.05) is 7.05 Å². The molecule has 2 nitrogen and oxygen atoms in total. The van der Waals surface area contributed by atoms with Crippen molar-refractivity contribution in [3.63, 3.8) is 0 Å². The fourth-order valence-electron chi connectivity index (χ4n) is 1.34. The summed E-state index contributed by atoms with van der Waals surface area (Å²) in [6.45, 7) is 6.31.